The lowest BCUT2D eigenvalue weighted by Gasteiger charge is -2.19. The summed E-state index contributed by atoms with van der Waals surface area (Å²) in [7, 11) is 4.93. The molecule has 10 heavy (non-hydrogen) atoms. The van der Waals surface area contributed by atoms with Crippen molar-refractivity contribution in [2.45, 2.75) is 6.04 Å². The van der Waals surface area contributed by atoms with Crippen molar-refractivity contribution in [2.75, 3.05) is 27.7 Å². The Kier molecular flexibility index (Phi) is 3.99. The van der Waals surface area contributed by atoms with Crippen LogP contribution in [0.2, 0.25) is 0 Å². The van der Waals surface area contributed by atoms with Crippen LogP contribution in [-0.4, -0.2) is 44.7 Å². The Morgan fingerprint density at radius 3 is 2.30 bits per heavy atom. The molecule has 0 aromatic carbocycles. The molecule has 0 radical (unpaired) electrons. The SMILES string of the molecule is COC(=O)[C@H](CN)N(C)C. The Bertz CT molecular complexity index is 114. The summed E-state index contributed by atoms with van der Waals surface area (Å²) in [4.78, 5) is 12.6. The summed E-state index contributed by atoms with van der Waals surface area (Å²) in [5.74, 6) is -0.285. The zero-order valence-corrected chi connectivity index (χ0v) is 6.63. The van der Waals surface area contributed by atoms with Gasteiger partial charge in [-0.2, -0.15) is 0 Å². The predicted octanol–water partition coefficient (Wildman–Crippen LogP) is -0.952. The number of hydrogen-bond acceptors (Lipinski definition) is 4. The topological polar surface area (TPSA) is 55.6 Å². The van der Waals surface area contributed by atoms with Crippen molar-refractivity contribution in [1.29, 1.82) is 0 Å². The average molecular weight is 146 g/mol. The van der Waals surface area contributed by atoms with Crippen LogP contribution in [0.3, 0.4) is 0 Å². The third-order valence-electron chi connectivity index (χ3n) is 1.32. The first-order valence-electron chi connectivity index (χ1n) is 3.07. The van der Waals surface area contributed by atoms with E-state index >= 15 is 0 Å². The first kappa shape index (κ1) is 9.39. The van der Waals surface area contributed by atoms with E-state index in [2.05, 4.69) is 4.74 Å². The number of nitrogens with zero attached hydrogens (tertiary/aromatic N) is 1. The van der Waals surface area contributed by atoms with Gasteiger partial charge < -0.3 is 10.5 Å². The standard InChI is InChI=1S/C6H14N2O2/c1-8(2)5(4-7)6(9)10-3/h5H,4,7H2,1-3H3/t5-/m0/s1. The number of esters is 1. The smallest absolute Gasteiger partial charge is 0.324 e. The molecule has 60 valence electrons. The third kappa shape index (κ3) is 2.33. The highest BCUT2D eigenvalue weighted by Gasteiger charge is 2.18. The summed E-state index contributed by atoms with van der Waals surface area (Å²) in [5, 5.41) is 0. The largest absolute Gasteiger partial charge is 0.468 e. The molecule has 0 saturated carbocycles. The molecule has 0 aliphatic rings. The van der Waals surface area contributed by atoms with E-state index in [1.54, 1.807) is 19.0 Å². The van der Waals surface area contributed by atoms with Crippen LogP contribution in [0, 0.1) is 0 Å². The lowest BCUT2D eigenvalue weighted by Crippen LogP contribution is -2.42. The van der Waals surface area contributed by atoms with Gasteiger partial charge in [-0.15, -0.1) is 0 Å². The maximum Gasteiger partial charge on any atom is 0.324 e. The van der Waals surface area contributed by atoms with E-state index in [0.717, 1.165) is 0 Å². The minimum atomic E-state index is -0.315. The van der Waals surface area contributed by atoms with Crippen molar-refractivity contribution in [3.05, 3.63) is 0 Å². The van der Waals surface area contributed by atoms with Crippen molar-refractivity contribution in [2.24, 2.45) is 5.73 Å². The van der Waals surface area contributed by atoms with E-state index in [1.807, 2.05) is 0 Å². The molecule has 0 heterocycles. The van der Waals surface area contributed by atoms with Gasteiger partial charge in [0.2, 0.25) is 0 Å². The lowest BCUT2D eigenvalue weighted by molar-refractivity contribution is -0.145. The normalized spacial score (nSPS) is 13.3. The predicted molar refractivity (Wildman–Crippen MR) is 38.5 cm³/mol. The van der Waals surface area contributed by atoms with Gasteiger partial charge in [0.25, 0.3) is 0 Å². The number of hydrogen-bond donors (Lipinski definition) is 1. The highest BCUT2D eigenvalue weighted by molar-refractivity contribution is 5.75. The Labute approximate surface area is 60.9 Å². The van der Waals surface area contributed by atoms with E-state index in [1.165, 1.54) is 7.11 Å². The van der Waals surface area contributed by atoms with Crippen LogP contribution < -0.4 is 5.73 Å². The highest BCUT2D eigenvalue weighted by Crippen LogP contribution is 1.92. The molecule has 0 fully saturated rings. The lowest BCUT2D eigenvalue weighted by atomic mass is 10.3. The number of carbonyl (C=O) groups excluding carboxylic acids is 1. The van der Waals surface area contributed by atoms with Crippen LogP contribution in [-0.2, 0) is 9.53 Å². The van der Waals surface area contributed by atoms with Gasteiger partial charge >= 0.3 is 5.97 Å². The number of nitrogens with two attached hydrogens (primary N) is 1. The number of methoxy groups -OCH3 is 1. The first-order valence-corrected chi connectivity index (χ1v) is 3.07. The monoisotopic (exact) mass is 146 g/mol. The summed E-state index contributed by atoms with van der Waals surface area (Å²) in [5.41, 5.74) is 5.31. The molecule has 0 aliphatic carbocycles. The first-order chi connectivity index (χ1) is 4.63. The molecule has 0 saturated heterocycles. The molecule has 0 unspecified atom stereocenters. The second-order valence-electron chi connectivity index (χ2n) is 2.24. The summed E-state index contributed by atoms with van der Waals surface area (Å²) in [6.07, 6.45) is 0. The van der Waals surface area contributed by atoms with Crippen molar-refractivity contribution in [1.82, 2.24) is 4.90 Å². The van der Waals surface area contributed by atoms with E-state index in [9.17, 15) is 4.79 Å². The number of likely N-dealkylation sites (N-methyl/N-ethyl adjacent to an activating group) is 1. The summed E-state index contributed by atoms with van der Waals surface area (Å²) < 4.78 is 4.50. The third-order valence-corrected chi connectivity index (χ3v) is 1.32. The molecule has 4 nitrogen and oxygen atoms in total. The van der Waals surface area contributed by atoms with Gasteiger partial charge in [-0.3, -0.25) is 9.69 Å². The van der Waals surface area contributed by atoms with Crippen molar-refractivity contribution in [3.8, 4) is 0 Å². The zero-order chi connectivity index (χ0) is 8.15. The fraction of sp³-hybridized carbons (Fsp3) is 0.833. The Balaban J connectivity index is 3.93. The molecule has 2 N–H and O–H groups in total. The van der Waals surface area contributed by atoms with Crippen LogP contribution >= 0.6 is 0 Å². The van der Waals surface area contributed by atoms with E-state index in [4.69, 9.17) is 5.73 Å². The molecule has 4 heteroatoms. The minimum Gasteiger partial charge on any atom is -0.468 e. The summed E-state index contributed by atoms with van der Waals surface area (Å²) >= 11 is 0. The van der Waals surface area contributed by atoms with Gasteiger partial charge in [0.1, 0.15) is 6.04 Å². The maximum absolute atomic E-state index is 10.8. The molecule has 0 bridgehead atoms. The average Bonchev–Trinajstić information content (AvgIpc) is 1.88. The molecule has 0 rings (SSSR count). The number of ether oxygens (including phenoxy) is 1. The van der Waals surface area contributed by atoms with Crippen LogP contribution in [0.4, 0.5) is 0 Å². The molecule has 0 spiro atoms. The Morgan fingerprint density at radius 2 is 2.20 bits per heavy atom. The van der Waals surface area contributed by atoms with Gasteiger partial charge in [-0.1, -0.05) is 0 Å². The molecule has 0 amide bonds. The molecule has 0 aliphatic heterocycles. The van der Waals surface area contributed by atoms with E-state index in [0.29, 0.717) is 6.54 Å². The van der Waals surface area contributed by atoms with Gasteiger partial charge in [0.05, 0.1) is 7.11 Å². The van der Waals surface area contributed by atoms with Crippen molar-refractivity contribution < 1.29 is 9.53 Å². The van der Waals surface area contributed by atoms with Crippen molar-refractivity contribution >= 4 is 5.97 Å². The van der Waals surface area contributed by atoms with Gasteiger partial charge in [0, 0.05) is 6.54 Å². The molecule has 1 atom stereocenters. The second kappa shape index (κ2) is 4.24. The quantitative estimate of drug-likeness (QED) is 0.521. The summed E-state index contributed by atoms with van der Waals surface area (Å²) in [6, 6.07) is -0.315. The fourth-order valence-corrected chi connectivity index (χ4v) is 0.654. The molecule has 0 aromatic heterocycles. The maximum atomic E-state index is 10.8. The number of rotatable bonds is 3. The fourth-order valence-electron chi connectivity index (χ4n) is 0.654. The van der Waals surface area contributed by atoms with Gasteiger partial charge in [-0.05, 0) is 14.1 Å². The Hall–Kier alpha value is -0.610. The van der Waals surface area contributed by atoms with Gasteiger partial charge in [-0.25, -0.2) is 0 Å². The van der Waals surface area contributed by atoms with Gasteiger partial charge in [0.15, 0.2) is 0 Å². The molecule has 0 aromatic rings. The van der Waals surface area contributed by atoms with E-state index in [-0.39, 0.29) is 12.0 Å². The van der Waals surface area contributed by atoms with Crippen molar-refractivity contribution in [3.63, 3.8) is 0 Å². The Morgan fingerprint density at radius 1 is 1.70 bits per heavy atom. The van der Waals surface area contributed by atoms with Crippen LogP contribution in [0.15, 0.2) is 0 Å². The zero-order valence-electron chi connectivity index (χ0n) is 6.63. The van der Waals surface area contributed by atoms with Crippen LogP contribution in [0.25, 0.3) is 0 Å². The molecular weight excluding hydrogens is 132 g/mol. The van der Waals surface area contributed by atoms with Crippen LogP contribution in [0.5, 0.6) is 0 Å². The minimum absolute atomic E-state index is 0.285. The second-order valence-corrected chi connectivity index (χ2v) is 2.24. The van der Waals surface area contributed by atoms with E-state index < -0.39 is 0 Å². The summed E-state index contributed by atoms with van der Waals surface area (Å²) in [6.45, 7) is 0.291. The highest BCUT2D eigenvalue weighted by atomic mass is 16.5. The number of carbonyl (C=O) groups is 1. The molecular formula is C6H14N2O2. The van der Waals surface area contributed by atoms with Crippen LogP contribution in [0.1, 0.15) is 0 Å².